The van der Waals surface area contributed by atoms with Crippen LogP contribution in [0.2, 0.25) is 0 Å². The van der Waals surface area contributed by atoms with E-state index in [0.29, 0.717) is 0 Å². The van der Waals surface area contributed by atoms with Crippen molar-refractivity contribution in [2.24, 2.45) is 5.92 Å². The highest BCUT2D eigenvalue weighted by atomic mass is 16.8. The molecule has 0 bridgehead atoms. The van der Waals surface area contributed by atoms with E-state index >= 15 is 0 Å². The normalized spacial score (nSPS) is 40.5. The maximum absolute atomic E-state index is 12.9. The molecule has 0 amide bonds. The molecule has 4 fully saturated rings. The van der Waals surface area contributed by atoms with Crippen LogP contribution in [0.3, 0.4) is 0 Å². The van der Waals surface area contributed by atoms with Crippen LogP contribution < -0.4 is 0 Å². The quantitative estimate of drug-likeness (QED) is 0.0327. The highest BCUT2D eigenvalue weighted by Gasteiger charge is 2.50. The maximum atomic E-state index is 12.9. The standard InChI is InChI=1S/C44H66O24/c1-19(11-7-13-21(3)39(59)67-43-37(57)33(53)29(49)25(65-43)17-61-41-35(55)31(51)27(47)23(15-45)63-41)9-5-6-10-20(2)12-8-14-22(4)40(60)68-44-38(58)34(54)30(50)26(66-44)18-62-42-36(56)32(52)28(48)24(16-46)64-42/h5-13,22-38,41-58H,14-18H2,1-4H3/b6-5+,11-7+,12-8+,19-9+,20-10-,21-13+/t22-,23-,24-,25-,26-,27-,28-,29-,30-,31+,32+,33+,34+,35-,36-,37-,38-,41-,42-,43+,44+/m1/s1. The lowest BCUT2D eigenvalue weighted by Crippen LogP contribution is -2.62. The minimum Gasteiger partial charge on any atom is -0.433 e. The molecule has 0 spiro atoms. The van der Waals surface area contributed by atoms with Gasteiger partial charge in [0, 0.05) is 5.57 Å². The average molecular weight is 979 g/mol. The van der Waals surface area contributed by atoms with Crippen molar-refractivity contribution in [3.63, 3.8) is 0 Å². The fourth-order valence-electron chi connectivity index (χ4n) is 7.01. The zero-order valence-corrected chi connectivity index (χ0v) is 37.7. The number of allylic oxidation sites excluding steroid dienone is 11. The molecule has 4 saturated heterocycles. The van der Waals surface area contributed by atoms with E-state index in [4.69, 9.17) is 37.9 Å². The van der Waals surface area contributed by atoms with Gasteiger partial charge >= 0.3 is 11.9 Å². The Hall–Kier alpha value is -3.42. The van der Waals surface area contributed by atoms with Crippen molar-refractivity contribution < 1.29 is 119 Å². The van der Waals surface area contributed by atoms with E-state index in [1.807, 2.05) is 6.92 Å². The van der Waals surface area contributed by atoms with Gasteiger partial charge in [-0.1, -0.05) is 72.8 Å². The summed E-state index contributed by atoms with van der Waals surface area (Å²) in [6, 6.07) is 0. The molecule has 0 aromatic carbocycles. The fraction of sp³-hybridized carbons (Fsp3) is 0.682. The second-order valence-electron chi connectivity index (χ2n) is 16.9. The van der Waals surface area contributed by atoms with Crippen LogP contribution in [0.15, 0.2) is 71.4 Å². The van der Waals surface area contributed by atoms with E-state index in [0.717, 1.165) is 11.1 Å². The smallest absolute Gasteiger partial charge is 0.336 e. The van der Waals surface area contributed by atoms with E-state index in [1.54, 1.807) is 62.5 Å². The lowest BCUT2D eigenvalue weighted by molar-refractivity contribution is -0.327. The summed E-state index contributed by atoms with van der Waals surface area (Å²) in [7, 11) is 0. The molecule has 4 rings (SSSR count). The number of ether oxygens (including phenoxy) is 8. The SMILES string of the molecule is CC(=C/C=C/C=C(C)/C=C/C=C(\C)C(=O)O[C@@H]1O[C@H](CO[C@@H]2O[C@H](CO)[C@@H](O)[C@H](O)[C@H]2O)[C@@H](O)[C@H](O)[C@H]1O)/C=C/C[C@@H](C)C(=O)O[C@@H]1O[C@H](CO[C@@H]2O[C@H](CO)[C@@H](O)[C@H](O)[C@H]2O)[C@@H](O)[C@H](O)[C@H]1O. The molecule has 0 aliphatic carbocycles. The molecule has 68 heavy (non-hydrogen) atoms. The van der Waals surface area contributed by atoms with Gasteiger partial charge in [0.2, 0.25) is 12.6 Å². The Morgan fingerprint density at radius 1 is 0.485 bits per heavy atom. The Bertz CT molecular complexity index is 1800. The number of aliphatic hydroxyl groups is 14. The molecule has 24 heteroatoms. The highest BCUT2D eigenvalue weighted by molar-refractivity contribution is 5.88. The van der Waals surface area contributed by atoms with E-state index in [-0.39, 0.29) is 12.0 Å². The zero-order valence-electron chi connectivity index (χ0n) is 37.7. The molecule has 0 unspecified atom stereocenters. The minimum atomic E-state index is -1.85. The highest BCUT2D eigenvalue weighted by Crippen LogP contribution is 2.29. The lowest BCUT2D eigenvalue weighted by atomic mass is 9.98. The van der Waals surface area contributed by atoms with Gasteiger partial charge in [0.25, 0.3) is 0 Å². The van der Waals surface area contributed by atoms with Crippen molar-refractivity contribution in [3.8, 4) is 0 Å². The van der Waals surface area contributed by atoms with Crippen molar-refractivity contribution >= 4 is 11.9 Å². The summed E-state index contributed by atoms with van der Waals surface area (Å²) in [6.07, 6.45) is -17.5. The number of esters is 2. The first kappa shape index (κ1) is 57.2. The molecule has 0 radical (unpaired) electrons. The molecule has 4 aliphatic rings. The van der Waals surface area contributed by atoms with Gasteiger partial charge < -0.3 is 109 Å². The van der Waals surface area contributed by atoms with Gasteiger partial charge in [-0.3, -0.25) is 4.79 Å². The third kappa shape index (κ3) is 15.0. The predicted molar refractivity (Wildman–Crippen MR) is 227 cm³/mol. The molecule has 4 aliphatic heterocycles. The topological polar surface area (TPSA) is 391 Å². The van der Waals surface area contributed by atoms with Crippen LogP contribution in [0.25, 0.3) is 0 Å². The van der Waals surface area contributed by atoms with E-state index in [1.165, 1.54) is 13.0 Å². The maximum Gasteiger partial charge on any atom is 0.336 e. The number of rotatable bonds is 19. The number of hydrogen-bond donors (Lipinski definition) is 14. The molecule has 386 valence electrons. The third-order valence-electron chi connectivity index (χ3n) is 11.5. The third-order valence-corrected chi connectivity index (χ3v) is 11.5. The van der Waals surface area contributed by atoms with Crippen molar-refractivity contribution in [2.45, 2.75) is 157 Å². The summed E-state index contributed by atoms with van der Waals surface area (Å²) >= 11 is 0. The lowest BCUT2D eigenvalue weighted by Gasteiger charge is -2.42. The Morgan fingerprint density at radius 2 is 0.868 bits per heavy atom. The molecule has 0 aromatic heterocycles. The van der Waals surface area contributed by atoms with E-state index < -0.39 is 167 Å². The van der Waals surface area contributed by atoms with Gasteiger partial charge in [0.15, 0.2) is 12.6 Å². The van der Waals surface area contributed by atoms with Crippen molar-refractivity contribution in [1.29, 1.82) is 0 Å². The monoisotopic (exact) mass is 978 g/mol. The number of carbonyl (C=O) groups is 2. The Balaban J connectivity index is 1.21. The fourth-order valence-corrected chi connectivity index (χ4v) is 7.01. The summed E-state index contributed by atoms with van der Waals surface area (Å²) in [5, 5.41) is 142. The zero-order chi connectivity index (χ0) is 50.6. The first-order chi connectivity index (χ1) is 32.1. The molecule has 21 atom stereocenters. The van der Waals surface area contributed by atoms with Gasteiger partial charge in [0.1, 0.15) is 97.7 Å². The second kappa shape index (κ2) is 26.7. The Labute approximate surface area is 391 Å². The van der Waals surface area contributed by atoms with Crippen molar-refractivity contribution in [3.05, 3.63) is 71.4 Å². The van der Waals surface area contributed by atoms with Gasteiger partial charge in [-0.15, -0.1) is 0 Å². The summed E-state index contributed by atoms with van der Waals surface area (Å²) in [5.74, 6) is -2.46. The van der Waals surface area contributed by atoms with Gasteiger partial charge in [-0.25, -0.2) is 4.79 Å². The molecular formula is C44H66O24. The van der Waals surface area contributed by atoms with Crippen LogP contribution in [0.4, 0.5) is 0 Å². The average Bonchev–Trinajstić information content (AvgIpc) is 3.31. The van der Waals surface area contributed by atoms with Gasteiger partial charge in [0.05, 0.1) is 32.3 Å². The molecule has 24 nitrogen and oxygen atoms in total. The van der Waals surface area contributed by atoms with Crippen LogP contribution in [0.5, 0.6) is 0 Å². The summed E-state index contributed by atoms with van der Waals surface area (Å²) < 4.78 is 42.8. The van der Waals surface area contributed by atoms with Crippen LogP contribution in [-0.2, 0) is 47.5 Å². The Kier molecular flexibility index (Phi) is 22.4. The molecule has 0 aromatic rings. The summed E-state index contributed by atoms with van der Waals surface area (Å²) in [6.45, 7) is 4.00. The summed E-state index contributed by atoms with van der Waals surface area (Å²) in [4.78, 5) is 25.7. The van der Waals surface area contributed by atoms with Gasteiger partial charge in [-0.05, 0) is 27.2 Å². The largest absolute Gasteiger partial charge is 0.433 e. The van der Waals surface area contributed by atoms with Crippen LogP contribution in [-0.4, -0.2) is 233 Å². The minimum absolute atomic E-state index is 0.0772. The molecule has 0 saturated carbocycles. The molecular weight excluding hydrogens is 912 g/mol. The van der Waals surface area contributed by atoms with Crippen molar-refractivity contribution in [1.82, 2.24) is 0 Å². The predicted octanol–water partition coefficient (Wildman–Crippen LogP) is -5.15. The first-order valence-electron chi connectivity index (χ1n) is 21.8. The molecule has 14 N–H and O–H groups in total. The first-order valence-corrected chi connectivity index (χ1v) is 21.8. The Morgan fingerprint density at radius 3 is 1.31 bits per heavy atom. The molecule has 4 heterocycles. The van der Waals surface area contributed by atoms with E-state index in [2.05, 4.69) is 0 Å². The summed E-state index contributed by atoms with van der Waals surface area (Å²) in [5.41, 5.74) is 1.67. The number of hydrogen-bond acceptors (Lipinski definition) is 24. The van der Waals surface area contributed by atoms with Gasteiger partial charge in [-0.2, -0.15) is 0 Å². The number of aliphatic hydroxyl groups excluding tert-OH is 14. The van der Waals surface area contributed by atoms with Crippen molar-refractivity contribution in [2.75, 3.05) is 26.4 Å². The van der Waals surface area contributed by atoms with Crippen LogP contribution in [0.1, 0.15) is 34.1 Å². The number of carbonyl (C=O) groups excluding carboxylic acids is 2. The second-order valence-corrected chi connectivity index (χ2v) is 16.9. The van der Waals surface area contributed by atoms with Crippen LogP contribution in [0, 0.1) is 5.92 Å². The van der Waals surface area contributed by atoms with Crippen LogP contribution >= 0.6 is 0 Å². The van der Waals surface area contributed by atoms with E-state index in [9.17, 15) is 81.1 Å².